The van der Waals surface area contributed by atoms with E-state index in [-0.39, 0.29) is 36.3 Å². The second kappa shape index (κ2) is 15.3. The normalized spacial score (nSPS) is 34.3. The van der Waals surface area contributed by atoms with Crippen molar-refractivity contribution in [1.29, 1.82) is 0 Å². The van der Waals surface area contributed by atoms with E-state index < -0.39 is 54.6 Å². The molecule has 2 N–H and O–H groups in total. The van der Waals surface area contributed by atoms with Crippen molar-refractivity contribution < 1.29 is 38.0 Å². The first-order chi connectivity index (χ1) is 25.6. The average Bonchev–Trinajstić information content (AvgIpc) is 3.83. The minimum atomic E-state index is -0.921. The highest BCUT2D eigenvalue weighted by molar-refractivity contribution is 6.48. The Kier molecular flexibility index (Phi) is 11.0. The van der Waals surface area contributed by atoms with Gasteiger partial charge in [0, 0.05) is 19.5 Å². The Hall–Kier alpha value is -3.32. The molecular formula is C41H61BN4O8. The summed E-state index contributed by atoms with van der Waals surface area (Å²) >= 11 is 0. The number of hydrogen-bond acceptors (Lipinski definition) is 8. The molecule has 3 aliphatic carbocycles. The maximum atomic E-state index is 14.5. The van der Waals surface area contributed by atoms with E-state index >= 15 is 0 Å². The van der Waals surface area contributed by atoms with Crippen LogP contribution in [0.5, 0.6) is 0 Å². The van der Waals surface area contributed by atoms with E-state index in [0.29, 0.717) is 37.8 Å². The maximum Gasteiger partial charge on any atom is 0.481 e. The van der Waals surface area contributed by atoms with Crippen molar-refractivity contribution in [2.24, 2.45) is 17.3 Å². The Morgan fingerprint density at radius 1 is 0.944 bits per heavy atom. The SMILES string of the molecule is CC(C)(C)OC(=O)NC1CCCCCCCCCC(B2OC3C4CC(CC3(C)O2)C4(C)C)NC(=O)C2CC(OC(=O)N3Cc4ccccc4C3)CN2C1=O. The summed E-state index contributed by atoms with van der Waals surface area (Å²) in [6.07, 6.45) is 8.21. The van der Waals surface area contributed by atoms with E-state index in [0.717, 1.165) is 68.9 Å². The summed E-state index contributed by atoms with van der Waals surface area (Å²) in [4.78, 5) is 58.8. The number of alkyl carbamates (subject to hydrolysis) is 1. The first-order valence-electron chi connectivity index (χ1n) is 20.6. The highest BCUT2D eigenvalue weighted by Crippen LogP contribution is 2.64. The molecule has 8 atom stereocenters. The molecule has 7 aliphatic rings. The van der Waals surface area contributed by atoms with Crippen LogP contribution in [-0.2, 0) is 41.5 Å². The summed E-state index contributed by atoms with van der Waals surface area (Å²) in [6.45, 7) is 13.1. The molecule has 4 aliphatic heterocycles. The molecular weight excluding hydrogens is 687 g/mol. The van der Waals surface area contributed by atoms with Crippen LogP contribution in [0.25, 0.3) is 0 Å². The molecule has 1 aromatic rings. The van der Waals surface area contributed by atoms with Crippen molar-refractivity contribution in [3.8, 4) is 0 Å². The lowest BCUT2D eigenvalue weighted by Crippen LogP contribution is -2.63. The Morgan fingerprint density at radius 3 is 2.24 bits per heavy atom. The van der Waals surface area contributed by atoms with Crippen molar-refractivity contribution in [2.45, 2.75) is 173 Å². The number of carbonyl (C=O) groups is 4. The van der Waals surface area contributed by atoms with Gasteiger partial charge in [0.15, 0.2) is 0 Å². The van der Waals surface area contributed by atoms with Crippen LogP contribution in [0.4, 0.5) is 9.59 Å². The highest BCUT2D eigenvalue weighted by atomic mass is 16.7. The number of carbonyl (C=O) groups excluding carboxylic acids is 4. The number of rotatable bonds is 3. The van der Waals surface area contributed by atoms with E-state index in [2.05, 4.69) is 31.4 Å². The third-order valence-corrected chi connectivity index (χ3v) is 13.2. The number of nitrogens with zero attached hydrogens (tertiary/aromatic N) is 2. The summed E-state index contributed by atoms with van der Waals surface area (Å²) in [5, 5.41) is 6.12. The highest BCUT2D eigenvalue weighted by Gasteiger charge is 2.67. The Morgan fingerprint density at radius 2 is 1.59 bits per heavy atom. The van der Waals surface area contributed by atoms with Gasteiger partial charge in [-0.05, 0) is 81.8 Å². The smallest absolute Gasteiger partial charge is 0.444 e. The molecule has 4 amide bonds. The van der Waals surface area contributed by atoms with Gasteiger partial charge in [-0.15, -0.1) is 0 Å². The van der Waals surface area contributed by atoms with E-state index in [1.165, 1.54) is 4.90 Å². The van der Waals surface area contributed by atoms with Gasteiger partial charge < -0.3 is 34.3 Å². The van der Waals surface area contributed by atoms with Crippen molar-refractivity contribution in [3.63, 3.8) is 0 Å². The lowest BCUT2D eigenvalue weighted by molar-refractivity contribution is -0.185. The van der Waals surface area contributed by atoms with Gasteiger partial charge in [-0.25, -0.2) is 9.59 Å². The molecule has 54 heavy (non-hydrogen) atoms. The molecule has 13 heteroatoms. The second-order valence-electron chi connectivity index (χ2n) is 18.7. The Balaban J connectivity index is 1.12. The standard InChI is InChI=1S/C41H61BN4O8/c1-39(2,3)52-37(49)43-31-18-12-10-8-7-9-11-13-19-33(42-53-34-30-20-28(40(30,4)5)22-41(34,6)54-42)44-35(47)32-21-29(25-46(32)36(31)48)51-38(50)45-23-26-16-14-15-17-27(26)24-45/h14-17,28-34H,7-13,18-25H2,1-6H3,(H,43,49)(H,44,47). The number of benzene rings is 1. The van der Waals surface area contributed by atoms with E-state index in [1.54, 1.807) is 25.7 Å². The molecule has 3 saturated heterocycles. The van der Waals surface area contributed by atoms with Crippen LogP contribution >= 0.6 is 0 Å². The molecule has 4 heterocycles. The Labute approximate surface area is 321 Å². The zero-order valence-electron chi connectivity index (χ0n) is 33.2. The fourth-order valence-corrected chi connectivity index (χ4v) is 10.0. The molecule has 6 fully saturated rings. The van der Waals surface area contributed by atoms with Gasteiger partial charge in [0.1, 0.15) is 23.8 Å². The van der Waals surface area contributed by atoms with Gasteiger partial charge in [-0.3, -0.25) is 14.5 Å². The fourth-order valence-electron chi connectivity index (χ4n) is 10.0. The van der Waals surface area contributed by atoms with Crippen LogP contribution in [0.1, 0.15) is 130 Å². The summed E-state index contributed by atoms with van der Waals surface area (Å²) in [5.41, 5.74) is 1.20. The van der Waals surface area contributed by atoms with Crippen molar-refractivity contribution in [3.05, 3.63) is 35.4 Å². The number of hydrogen-bond donors (Lipinski definition) is 2. The summed E-state index contributed by atoms with van der Waals surface area (Å²) in [6, 6.07) is 6.10. The molecule has 3 saturated carbocycles. The predicted molar refractivity (Wildman–Crippen MR) is 203 cm³/mol. The van der Waals surface area contributed by atoms with Gasteiger partial charge in [-0.1, -0.05) is 83.1 Å². The molecule has 12 nitrogen and oxygen atoms in total. The molecule has 0 radical (unpaired) electrons. The minimum absolute atomic E-state index is 0.0370. The van der Waals surface area contributed by atoms with Crippen LogP contribution in [0, 0.1) is 17.3 Å². The van der Waals surface area contributed by atoms with Crippen molar-refractivity contribution in [1.82, 2.24) is 20.4 Å². The number of fused-ring (bicyclic) bond motifs is 2. The second-order valence-corrected chi connectivity index (χ2v) is 18.7. The van der Waals surface area contributed by atoms with E-state index in [1.807, 2.05) is 24.3 Å². The monoisotopic (exact) mass is 748 g/mol. The van der Waals surface area contributed by atoms with Gasteiger partial charge >= 0.3 is 19.3 Å². The number of ether oxygens (including phenoxy) is 2. The lowest BCUT2D eigenvalue weighted by atomic mass is 9.45. The molecule has 8 unspecified atom stereocenters. The van der Waals surface area contributed by atoms with Gasteiger partial charge in [0.05, 0.1) is 24.2 Å². The minimum Gasteiger partial charge on any atom is -0.444 e. The van der Waals surface area contributed by atoms with E-state index in [9.17, 15) is 19.2 Å². The summed E-state index contributed by atoms with van der Waals surface area (Å²) < 4.78 is 25.2. The number of nitrogens with one attached hydrogen (secondary N) is 2. The zero-order chi connectivity index (χ0) is 38.4. The van der Waals surface area contributed by atoms with Crippen LogP contribution < -0.4 is 10.6 Å². The van der Waals surface area contributed by atoms with E-state index in [4.69, 9.17) is 18.8 Å². The largest absolute Gasteiger partial charge is 0.481 e. The maximum absolute atomic E-state index is 14.5. The van der Waals surface area contributed by atoms with Gasteiger partial charge in [0.25, 0.3) is 0 Å². The average molecular weight is 749 g/mol. The lowest BCUT2D eigenvalue weighted by Gasteiger charge is -2.63. The number of amides is 4. The van der Waals surface area contributed by atoms with Crippen LogP contribution in [0.3, 0.4) is 0 Å². The molecule has 1 aromatic carbocycles. The summed E-state index contributed by atoms with van der Waals surface area (Å²) in [5.74, 6) is -0.131. The first-order valence-corrected chi connectivity index (χ1v) is 20.6. The van der Waals surface area contributed by atoms with Crippen LogP contribution in [0.2, 0.25) is 0 Å². The van der Waals surface area contributed by atoms with Gasteiger partial charge in [-0.2, -0.15) is 0 Å². The van der Waals surface area contributed by atoms with Crippen molar-refractivity contribution in [2.75, 3.05) is 6.54 Å². The van der Waals surface area contributed by atoms with Crippen molar-refractivity contribution >= 4 is 31.1 Å². The molecule has 2 bridgehead atoms. The quantitative estimate of drug-likeness (QED) is 0.345. The fraction of sp³-hybridized carbons (Fsp3) is 0.756. The topological polar surface area (TPSA) is 136 Å². The molecule has 0 spiro atoms. The first kappa shape index (κ1) is 38.9. The predicted octanol–water partition coefficient (Wildman–Crippen LogP) is 6.28. The zero-order valence-corrected chi connectivity index (χ0v) is 33.2. The third kappa shape index (κ3) is 8.13. The molecule has 296 valence electrons. The van der Waals surface area contributed by atoms with Crippen LogP contribution in [0.15, 0.2) is 24.3 Å². The molecule has 0 aromatic heterocycles. The molecule has 8 rings (SSSR count). The third-order valence-electron chi connectivity index (χ3n) is 13.2. The Bertz CT molecular complexity index is 1560. The van der Waals surface area contributed by atoms with Crippen LogP contribution in [-0.4, -0.2) is 88.9 Å². The van der Waals surface area contributed by atoms with Gasteiger partial charge in [0.2, 0.25) is 11.8 Å². The summed E-state index contributed by atoms with van der Waals surface area (Å²) in [7, 11) is -0.601.